The highest BCUT2D eigenvalue weighted by Crippen LogP contribution is 2.32. The molecule has 0 aliphatic rings. The lowest BCUT2D eigenvalue weighted by Crippen LogP contribution is -2.23. The first-order valence-electron chi connectivity index (χ1n) is 9.65. The zero-order chi connectivity index (χ0) is 23.2. The Balaban J connectivity index is 1.47. The van der Waals surface area contributed by atoms with Gasteiger partial charge < -0.3 is 9.15 Å². The van der Waals surface area contributed by atoms with Gasteiger partial charge >= 0.3 is 6.18 Å². The first-order chi connectivity index (χ1) is 15.8. The van der Waals surface area contributed by atoms with E-state index >= 15 is 0 Å². The largest absolute Gasteiger partial charge is 0.497 e. The van der Waals surface area contributed by atoms with Crippen LogP contribution >= 0.6 is 11.3 Å². The summed E-state index contributed by atoms with van der Waals surface area (Å²) >= 11 is 1.14. The number of rotatable bonds is 4. The van der Waals surface area contributed by atoms with Crippen molar-refractivity contribution < 1.29 is 22.3 Å². The minimum Gasteiger partial charge on any atom is -0.497 e. The van der Waals surface area contributed by atoms with Crippen molar-refractivity contribution in [3.63, 3.8) is 0 Å². The van der Waals surface area contributed by atoms with Gasteiger partial charge in [-0.25, -0.2) is 0 Å². The smallest absolute Gasteiger partial charge is 0.416 e. The molecule has 0 fully saturated rings. The Morgan fingerprint density at radius 1 is 1.06 bits per heavy atom. The van der Waals surface area contributed by atoms with Gasteiger partial charge in [-0.3, -0.25) is 4.79 Å². The quantitative estimate of drug-likeness (QED) is 0.383. The van der Waals surface area contributed by atoms with Crippen molar-refractivity contribution in [2.75, 3.05) is 7.11 Å². The topological polar surface area (TPSA) is 69.6 Å². The predicted molar refractivity (Wildman–Crippen MR) is 117 cm³/mol. The predicted octanol–water partition coefficient (Wildman–Crippen LogP) is 4.65. The maximum atomic E-state index is 13.0. The lowest BCUT2D eigenvalue weighted by molar-refractivity contribution is -0.137. The van der Waals surface area contributed by atoms with Gasteiger partial charge in [-0.1, -0.05) is 23.5 Å². The summed E-state index contributed by atoms with van der Waals surface area (Å²) in [7, 11) is 1.57. The average molecular weight is 469 g/mol. The van der Waals surface area contributed by atoms with Crippen molar-refractivity contribution in [1.29, 1.82) is 0 Å². The monoisotopic (exact) mass is 469 g/mol. The molecule has 0 aliphatic heterocycles. The van der Waals surface area contributed by atoms with Crippen LogP contribution in [0.25, 0.3) is 33.7 Å². The number of benzene rings is 2. The van der Waals surface area contributed by atoms with E-state index in [0.29, 0.717) is 32.4 Å². The van der Waals surface area contributed by atoms with Crippen LogP contribution in [0.4, 0.5) is 13.2 Å². The Morgan fingerprint density at radius 3 is 2.55 bits per heavy atom. The number of alkyl halides is 3. The number of thiazole rings is 1. The van der Waals surface area contributed by atoms with Crippen LogP contribution in [-0.2, 0) is 6.18 Å². The number of halogens is 3. The highest BCUT2D eigenvalue weighted by Gasteiger charge is 2.30. The number of ether oxygens (including phenoxy) is 1. The molecule has 0 spiro atoms. The first kappa shape index (κ1) is 21.0. The van der Waals surface area contributed by atoms with Gasteiger partial charge in [0.2, 0.25) is 4.96 Å². The van der Waals surface area contributed by atoms with Crippen LogP contribution < -0.4 is 14.8 Å². The summed E-state index contributed by atoms with van der Waals surface area (Å²) in [6, 6.07) is 15.2. The molecule has 0 saturated carbocycles. The van der Waals surface area contributed by atoms with E-state index < -0.39 is 11.7 Å². The normalized spacial score (nSPS) is 12.5. The Bertz CT molecular complexity index is 1570. The zero-order valence-corrected chi connectivity index (χ0v) is 17.8. The van der Waals surface area contributed by atoms with E-state index in [-0.39, 0.29) is 11.3 Å². The fourth-order valence-electron chi connectivity index (χ4n) is 3.26. The number of fused-ring (bicyclic) bond motifs is 1. The van der Waals surface area contributed by atoms with Crippen molar-refractivity contribution in [2.24, 2.45) is 0 Å². The SMILES string of the molecule is COc1ccc(-c2nc3sc(=Cc4ccc(-c5cccc(C(F)(F)F)c5)o4)c(=O)n3n2)cc1. The number of nitrogens with zero attached hydrogens (tertiary/aromatic N) is 3. The molecule has 0 bridgehead atoms. The zero-order valence-electron chi connectivity index (χ0n) is 17.0. The van der Waals surface area contributed by atoms with Gasteiger partial charge in [0, 0.05) is 17.2 Å². The molecule has 2 aromatic carbocycles. The summed E-state index contributed by atoms with van der Waals surface area (Å²) in [6.45, 7) is 0. The lowest BCUT2D eigenvalue weighted by atomic mass is 10.1. The number of furan rings is 1. The summed E-state index contributed by atoms with van der Waals surface area (Å²) < 4.78 is 51.3. The minimum absolute atomic E-state index is 0.265. The number of hydrogen-bond acceptors (Lipinski definition) is 6. The van der Waals surface area contributed by atoms with Crippen molar-refractivity contribution in [2.45, 2.75) is 6.18 Å². The standard InChI is InChI=1S/C23H14F3N3O3S/c1-31-16-7-5-13(6-8-16)20-27-22-29(28-20)21(30)19(33-22)12-17-9-10-18(32-17)14-3-2-4-15(11-14)23(24,25)26/h2-12H,1H3. The van der Waals surface area contributed by atoms with Gasteiger partial charge in [0.25, 0.3) is 5.56 Å². The summed E-state index contributed by atoms with van der Waals surface area (Å²) in [5.74, 6) is 1.71. The molecule has 3 heterocycles. The summed E-state index contributed by atoms with van der Waals surface area (Å²) in [6.07, 6.45) is -2.92. The van der Waals surface area contributed by atoms with Crippen LogP contribution in [0.3, 0.4) is 0 Å². The average Bonchev–Trinajstić information content (AvgIpc) is 3.51. The third-order valence-corrected chi connectivity index (χ3v) is 5.86. The van der Waals surface area contributed by atoms with Crippen LogP contribution in [0.5, 0.6) is 5.75 Å². The van der Waals surface area contributed by atoms with Gasteiger partial charge in [0.1, 0.15) is 21.8 Å². The second-order valence-electron chi connectivity index (χ2n) is 7.05. The molecule has 0 amide bonds. The second-order valence-corrected chi connectivity index (χ2v) is 8.06. The van der Waals surface area contributed by atoms with E-state index in [2.05, 4.69) is 10.1 Å². The highest BCUT2D eigenvalue weighted by atomic mass is 32.1. The molecular formula is C23H14F3N3O3S. The lowest BCUT2D eigenvalue weighted by Gasteiger charge is -2.07. The Hall–Kier alpha value is -3.92. The maximum absolute atomic E-state index is 13.0. The van der Waals surface area contributed by atoms with E-state index in [1.54, 1.807) is 43.5 Å². The van der Waals surface area contributed by atoms with Gasteiger partial charge in [-0.2, -0.15) is 22.7 Å². The van der Waals surface area contributed by atoms with Crippen LogP contribution in [0, 0.1) is 0 Å². The molecule has 0 radical (unpaired) electrons. The fourth-order valence-corrected chi connectivity index (χ4v) is 4.15. The van der Waals surface area contributed by atoms with Crippen LogP contribution in [0.1, 0.15) is 11.3 Å². The molecule has 0 unspecified atom stereocenters. The number of methoxy groups -OCH3 is 1. The first-order valence-corrected chi connectivity index (χ1v) is 10.5. The minimum atomic E-state index is -4.45. The van der Waals surface area contributed by atoms with E-state index in [1.165, 1.54) is 22.7 Å². The Labute approximate surface area is 188 Å². The van der Waals surface area contributed by atoms with Gasteiger partial charge in [-0.05, 0) is 48.5 Å². The third-order valence-electron chi connectivity index (χ3n) is 4.90. The van der Waals surface area contributed by atoms with E-state index in [1.807, 2.05) is 0 Å². The summed E-state index contributed by atoms with van der Waals surface area (Å²) in [5, 5.41) is 4.29. The van der Waals surface area contributed by atoms with Gasteiger partial charge in [-0.15, -0.1) is 5.10 Å². The van der Waals surface area contributed by atoms with Crippen molar-refractivity contribution in [1.82, 2.24) is 14.6 Å². The Morgan fingerprint density at radius 2 is 1.85 bits per heavy atom. The molecule has 33 heavy (non-hydrogen) atoms. The van der Waals surface area contributed by atoms with E-state index in [9.17, 15) is 18.0 Å². The van der Waals surface area contributed by atoms with E-state index in [4.69, 9.17) is 9.15 Å². The van der Waals surface area contributed by atoms with Crippen molar-refractivity contribution in [3.05, 3.63) is 86.9 Å². The molecule has 5 aromatic rings. The molecule has 0 atom stereocenters. The van der Waals surface area contributed by atoms with Crippen molar-refractivity contribution >= 4 is 22.4 Å². The molecule has 5 rings (SSSR count). The van der Waals surface area contributed by atoms with Crippen molar-refractivity contribution in [3.8, 4) is 28.5 Å². The van der Waals surface area contributed by atoms with Gasteiger partial charge in [0.15, 0.2) is 5.82 Å². The molecule has 0 saturated heterocycles. The molecule has 166 valence electrons. The molecule has 3 aromatic heterocycles. The number of hydrogen-bond donors (Lipinski definition) is 0. The van der Waals surface area contributed by atoms with Crippen LogP contribution in [-0.4, -0.2) is 21.7 Å². The summed E-state index contributed by atoms with van der Waals surface area (Å²) in [4.78, 5) is 17.6. The van der Waals surface area contributed by atoms with Crippen LogP contribution in [0.2, 0.25) is 0 Å². The Kier molecular flexibility index (Phi) is 5.01. The molecular weight excluding hydrogens is 455 g/mol. The third kappa shape index (κ3) is 4.00. The molecule has 0 aliphatic carbocycles. The maximum Gasteiger partial charge on any atom is 0.416 e. The van der Waals surface area contributed by atoms with Crippen LogP contribution in [0.15, 0.2) is 69.9 Å². The molecule has 0 N–H and O–H groups in total. The van der Waals surface area contributed by atoms with E-state index in [0.717, 1.165) is 29.0 Å². The second kappa shape index (κ2) is 7.89. The van der Waals surface area contributed by atoms with Gasteiger partial charge in [0.05, 0.1) is 12.7 Å². The highest BCUT2D eigenvalue weighted by molar-refractivity contribution is 7.15. The number of aromatic nitrogens is 3. The molecule has 10 heteroatoms. The summed E-state index contributed by atoms with van der Waals surface area (Å²) in [5.41, 5.74) is -0.0896. The molecule has 6 nitrogen and oxygen atoms in total. The fraction of sp³-hybridized carbons (Fsp3) is 0.0870.